The van der Waals surface area contributed by atoms with Gasteiger partial charge in [-0.05, 0) is 46.4 Å². The van der Waals surface area contributed by atoms with E-state index in [4.69, 9.17) is 0 Å². The Kier molecular flexibility index (Phi) is 3.10. The van der Waals surface area contributed by atoms with Gasteiger partial charge in [0.2, 0.25) is 0 Å². The van der Waals surface area contributed by atoms with Crippen LogP contribution in [0.25, 0.3) is 0 Å². The highest BCUT2D eigenvalue weighted by atomic mass is 15.3. The van der Waals surface area contributed by atoms with Gasteiger partial charge in [0.15, 0.2) is 0 Å². The highest BCUT2D eigenvalue weighted by Crippen LogP contribution is 2.23. The van der Waals surface area contributed by atoms with Gasteiger partial charge in [0, 0.05) is 25.2 Å². The van der Waals surface area contributed by atoms with E-state index < -0.39 is 0 Å². The van der Waals surface area contributed by atoms with Crippen molar-refractivity contribution in [2.45, 2.75) is 25.4 Å². The van der Waals surface area contributed by atoms with E-state index in [0.717, 1.165) is 18.0 Å². The summed E-state index contributed by atoms with van der Waals surface area (Å²) in [4.78, 5) is 4.97. The molecular formula is C11H23N3. The average molecular weight is 197 g/mol. The molecule has 0 aromatic carbocycles. The molecule has 3 heteroatoms. The van der Waals surface area contributed by atoms with Gasteiger partial charge < -0.3 is 10.2 Å². The number of hydrogen-bond acceptors (Lipinski definition) is 3. The van der Waals surface area contributed by atoms with Crippen molar-refractivity contribution in [3.05, 3.63) is 0 Å². The molecule has 3 nitrogen and oxygen atoms in total. The fourth-order valence-electron chi connectivity index (χ4n) is 2.53. The molecule has 0 aliphatic carbocycles. The molecule has 0 spiro atoms. The smallest absolute Gasteiger partial charge is 0.0344 e. The van der Waals surface area contributed by atoms with Gasteiger partial charge in [0.1, 0.15) is 0 Å². The Balaban J connectivity index is 1.75. The average Bonchev–Trinajstić information content (AvgIpc) is 2.51. The first kappa shape index (κ1) is 10.4. The van der Waals surface area contributed by atoms with Crippen molar-refractivity contribution >= 4 is 0 Å². The van der Waals surface area contributed by atoms with E-state index in [0.29, 0.717) is 0 Å². The summed E-state index contributed by atoms with van der Waals surface area (Å²) < 4.78 is 0. The fraction of sp³-hybridized carbons (Fsp3) is 1.00. The lowest BCUT2D eigenvalue weighted by Crippen LogP contribution is -2.61. The first-order valence-electron chi connectivity index (χ1n) is 5.79. The Labute approximate surface area is 87.4 Å². The van der Waals surface area contributed by atoms with Crippen molar-refractivity contribution in [3.8, 4) is 0 Å². The highest BCUT2D eigenvalue weighted by molar-refractivity contribution is 4.92. The maximum Gasteiger partial charge on any atom is 0.0344 e. The minimum atomic E-state index is 0.779. The predicted octanol–water partition coefficient (Wildman–Crippen LogP) is 0.230. The molecule has 14 heavy (non-hydrogen) atoms. The second-order valence-electron chi connectivity index (χ2n) is 5.06. The van der Waals surface area contributed by atoms with Crippen LogP contribution in [0.3, 0.4) is 0 Å². The monoisotopic (exact) mass is 197 g/mol. The van der Waals surface area contributed by atoms with Gasteiger partial charge in [-0.15, -0.1) is 0 Å². The molecule has 2 fully saturated rings. The van der Waals surface area contributed by atoms with Gasteiger partial charge >= 0.3 is 0 Å². The van der Waals surface area contributed by atoms with Gasteiger partial charge in [-0.3, -0.25) is 4.90 Å². The van der Waals surface area contributed by atoms with Crippen molar-refractivity contribution in [1.82, 2.24) is 15.1 Å². The van der Waals surface area contributed by atoms with E-state index in [2.05, 4.69) is 36.1 Å². The normalized spacial score (nSPS) is 32.1. The first-order valence-corrected chi connectivity index (χ1v) is 5.79. The first-order chi connectivity index (χ1) is 6.68. The van der Waals surface area contributed by atoms with Crippen LogP contribution in [0, 0.1) is 5.92 Å². The third-order valence-corrected chi connectivity index (χ3v) is 3.98. The van der Waals surface area contributed by atoms with Crippen LogP contribution in [-0.4, -0.2) is 62.2 Å². The molecule has 0 radical (unpaired) electrons. The molecule has 2 saturated heterocycles. The Morgan fingerprint density at radius 2 is 2.07 bits per heavy atom. The summed E-state index contributed by atoms with van der Waals surface area (Å²) in [6, 6.07) is 1.58. The summed E-state index contributed by atoms with van der Waals surface area (Å²) in [7, 11) is 4.37. The summed E-state index contributed by atoms with van der Waals surface area (Å²) >= 11 is 0. The van der Waals surface area contributed by atoms with Gasteiger partial charge in [0.05, 0.1) is 0 Å². The lowest BCUT2D eigenvalue weighted by molar-refractivity contribution is 0.0154. The molecule has 2 heterocycles. The van der Waals surface area contributed by atoms with Gasteiger partial charge in [0.25, 0.3) is 0 Å². The Hall–Kier alpha value is -0.120. The van der Waals surface area contributed by atoms with Crippen LogP contribution in [0.5, 0.6) is 0 Å². The van der Waals surface area contributed by atoms with E-state index in [1.54, 1.807) is 0 Å². The molecule has 2 atom stereocenters. The summed E-state index contributed by atoms with van der Waals surface area (Å²) in [6.45, 7) is 7.38. The van der Waals surface area contributed by atoms with E-state index >= 15 is 0 Å². The summed E-state index contributed by atoms with van der Waals surface area (Å²) in [6.07, 6.45) is 1.37. The van der Waals surface area contributed by atoms with Gasteiger partial charge in [-0.2, -0.15) is 0 Å². The van der Waals surface area contributed by atoms with Crippen molar-refractivity contribution in [1.29, 1.82) is 0 Å². The van der Waals surface area contributed by atoms with Crippen LogP contribution in [0.4, 0.5) is 0 Å². The molecule has 2 aliphatic rings. The van der Waals surface area contributed by atoms with Crippen molar-refractivity contribution < 1.29 is 0 Å². The van der Waals surface area contributed by atoms with Crippen molar-refractivity contribution in [3.63, 3.8) is 0 Å². The number of rotatable bonds is 3. The molecule has 2 unspecified atom stereocenters. The molecule has 82 valence electrons. The quantitative estimate of drug-likeness (QED) is 0.699. The van der Waals surface area contributed by atoms with Crippen LogP contribution < -0.4 is 5.32 Å². The van der Waals surface area contributed by atoms with Gasteiger partial charge in [-0.1, -0.05) is 0 Å². The summed E-state index contributed by atoms with van der Waals surface area (Å²) in [5.41, 5.74) is 0. The van der Waals surface area contributed by atoms with Crippen LogP contribution in [0.15, 0.2) is 0 Å². The maximum atomic E-state index is 3.45. The van der Waals surface area contributed by atoms with Crippen molar-refractivity contribution in [2.24, 2.45) is 5.92 Å². The minimum Gasteiger partial charge on any atom is -0.316 e. The number of nitrogens with zero attached hydrogens (tertiary/aromatic N) is 2. The zero-order valence-corrected chi connectivity index (χ0v) is 9.66. The summed E-state index contributed by atoms with van der Waals surface area (Å²) in [5, 5.41) is 3.45. The standard InChI is InChI=1S/C11H23N3/c1-9(10-4-5-12-6-10)14-7-11(8-14)13(2)3/h9-12H,4-8H2,1-3H3. The van der Waals surface area contributed by atoms with E-state index in [1.165, 1.54) is 32.6 Å². The van der Waals surface area contributed by atoms with Crippen LogP contribution in [0.2, 0.25) is 0 Å². The van der Waals surface area contributed by atoms with Crippen LogP contribution in [-0.2, 0) is 0 Å². The highest BCUT2D eigenvalue weighted by Gasteiger charge is 2.35. The predicted molar refractivity (Wildman–Crippen MR) is 59.5 cm³/mol. The zero-order valence-electron chi connectivity index (χ0n) is 9.66. The third-order valence-electron chi connectivity index (χ3n) is 3.98. The summed E-state index contributed by atoms with van der Waals surface area (Å²) in [5.74, 6) is 0.887. The molecule has 0 aromatic rings. The van der Waals surface area contributed by atoms with Crippen LogP contribution >= 0.6 is 0 Å². The largest absolute Gasteiger partial charge is 0.316 e. The molecule has 0 saturated carbocycles. The molecule has 0 amide bonds. The lowest BCUT2D eigenvalue weighted by Gasteiger charge is -2.47. The second kappa shape index (κ2) is 4.17. The van der Waals surface area contributed by atoms with Crippen LogP contribution in [0.1, 0.15) is 13.3 Å². The second-order valence-corrected chi connectivity index (χ2v) is 5.06. The topological polar surface area (TPSA) is 18.5 Å². The van der Waals surface area contributed by atoms with E-state index in [-0.39, 0.29) is 0 Å². The van der Waals surface area contributed by atoms with E-state index in [9.17, 15) is 0 Å². The number of hydrogen-bond donors (Lipinski definition) is 1. The number of likely N-dealkylation sites (N-methyl/N-ethyl adjacent to an activating group) is 1. The van der Waals surface area contributed by atoms with E-state index in [1.807, 2.05) is 0 Å². The Morgan fingerprint density at radius 1 is 1.36 bits per heavy atom. The third kappa shape index (κ3) is 1.95. The minimum absolute atomic E-state index is 0.779. The Bertz CT molecular complexity index is 181. The molecule has 2 aliphatic heterocycles. The Morgan fingerprint density at radius 3 is 2.57 bits per heavy atom. The molecular weight excluding hydrogens is 174 g/mol. The van der Waals surface area contributed by atoms with Gasteiger partial charge in [-0.25, -0.2) is 0 Å². The maximum absolute atomic E-state index is 3.45. The fourth-order valence-corrected chi connectivity index (χ4v) is 2.53. The molecule has 1 N–H and O–H groups in total. The SMILES string of the molecule is CC(C1CCNC1)N1CC(N(C)C)C1. The number of likely N-dealkylation sites (tertiary alicyclic amines) is 1. The zero-order chi connectivity index (χ0) is 10.1. The molecule has 0 bridgehead atoms. The van der Waals surface area contributed by atoms with Crippen molar-refractivity contribution in [2.75, 3.05) is 40.3 Å². The molecule has 0 aromatic heterocycles. The molecule has 2 rings (SSSR count). The number of nitrogens with one attached hydrogen (secondary N) is 1. The lowest BCUT2D eigenvalue weighted by atomic mass is 9.94.